The molecule has 2 N–H and O–H groups in total. The van der Waals surface area contributed by atoms with Gasteiger partial charge in [-0.3, -0.25) is 9.40 Å². The number of nitrogens with zero attached hydrogens (tertiary/aromatic N) is 2. The van der Waals surface area contributed by atoms with Crippen LogP contribution in [0.25, 0.3) is 0 Å². The highest BCUT2D eigenvalue weighted by molar-refractivity contribution is 7.92. The second-order valence-electron chi connectivity index (χ2n) is 5.42. The molecule has 0 aliphatic rings. The van der Waals surface area contributed by atoms with E-state index in [-0.39, 0.29) is 10.6 Å². The van der Waals surface area contributed by atoms with Gasteiger partial charge < -0.3 is 5.11 Å². The summed E-state index contributed by atoms with van der Waals surface area (Å²) < 4.78 is 29.2. The van der Waals surface area contributed by atoms with Crippen LogP contribution in [-0.4, -0.2) is 23.3 Å². The number of aromatic hydroxyl groups is 1. The molecule has 0 fully saturated rings. The molecule has 0 amide bonds. The summed E-state index contributed by atoms with van der Waals surface area (Å²) in [6, 6.07) is 15.6. The fraction of sp³-hybridized carbons (Fsp3) is 0.118. The molecular formula is C17H17N3O3S. The first-order valence-electron chi connectivity index (χ1n) is 7.34. The lowest BCUT2D eigenvalue weighted by molar-refractivity contribution is 0.475. The zero-order chi connectivity index (χ0) is 17.2. The van der Waals surface area contributed by atoms with E-state index in [9.17, 15) is 13.5 Å². The number of sulfonamides is 1. The summed E-state index contributed by atoms with van der Waals surface area (Å²) in [6.07, 6.45) is 1.51. The Morgan fingerprint density at radius 1 is 1.12 bits per heavy atom. The van der Waals surface area contributed by atoms with Gasteiger partial charge >= 0.3 is 0 Å². The largest absolute Gasteiger partial charge is 0.508 e. The number of hydrogen-bond donors (Lipinski definition) is 2. The van der Waals surface area contributed by atoms with Gasteiger partial charge in [-0.2, -0.15) is 5.10 Å². The van der Waals surface area contributed by atoms with Crippen LogP contribution in [0.1, 0.15) is 11.3 Å². The summed E-state index contributed by atoms with van der Waals surface area (Å²) in [7, 11) is -3.78. The van der Waals surface area contributed by atoms with Gasteiger partial charge in [-0.05, 0) is 24.6 Å². The van der Waals surface area contributed by atoms with Crippen LogP contribution in [0.2, 0.25) is 0 Å². The Labute approximate surface area is 140 Å². The minimum Gasteiger partial charge on any atom is -0.508 e. The molecule has 1 aromatic heterocycles. The summed E-state index contributed by atoms with van der Waals surface area (Å²) in [5.41, 5.74) is 1.74. The molecule has 124 valence electrons. The Kier molecular flexibility index (Phi) is 4.26. The van der Waals surface area contributed by atoms with E-state index in [1.54, 1.807) is 23.7 Å². The van der Waals surface area contributed by atoms with Gasteiger partial charge in [0.1, 0.15) is 10.6 Å². The van der Waals surface area contributed by atoms with Gasteiger partial charge in [0.2, 0.25) is 0 Å². The SMILES string of the molecule is Cc1nn(Cc2ccccc2)cc1S(=O)(=O)Nc1cccc(O)c1. The quantitative estimate of drug-likeness (QED) is 0.746. The Balaban J connectivity index is 1.86. The molecule has 0 saturated heterocycles. The van der Waals surface area contributed by atoms with Gasteiger partial charge in [-0.15, -0.1) is 0 Å². The van der Waals surface area contributed by atoms with E-state index in [0.29, 0.717) is 17.9 Å². The fourth-order valence-electron chi connectivity index (χ4n) is 2.39. The van der Waals surface area contributed by atoms with E-state index >= 15 is 0 Å². The first-order chi connectivity index (χ1) is 11.4. The highest BCUT2D eigenvalue weighted by Gasteiger charge is 2.20. The van der Waals surface area contributed by atoms with Crippen molar-refractivity contribution >= 4 is 15.7 Å². The zero-order valence-corrected chi connectivity index (χ0v) is 13.9. The number of phenols is 1. The number of benzene rings is 2. The third-order valence-corrected chi connectivity index (χ3v) is 4.96. The minimum absolute atomic E-state index is 0.00769. The maximum absolute atomic E-state index is 12.6. The molecular weight excluding hydrogens is 326 g/mol. The average molecular weight is 343 g/mol. The topological polar surface area (TPSA) is 84.2 Å². The Bertz CT molecular complexity index is 950. The zero-order valence-electron chi connectivity index (χ0n) is 13.0. The molecule has 2 aromatic carbocycles. The number of aryl methyl sites for hydroxylation is 1. The normalized spacial score (nSPS) is 11.4. The first kappa shape index (κ1) is 16.1. The van der Waals surface area contributed by atoms with E-state index in [4.69, 9.17) is 0 Å². The molecule has 3 aromatic rings. The lowest BCUT2D eigenvalue weighted by Crippen LogP contribution is -2.13. The molecule has 0 bridgehead atoms. The van der Waals surface area contributed by atoms with E-state index in [0.717, 1.165) is 5.56 Å². The highest BCUT2D eigenvalue weighted by atomic mass is 32.2. The Morgan fingerprint density at radius 3 is 2.58 bits per heavy atom. The van der Waals surface area contributed by atoms with E-state index in [2.05, 4.69) is 9.82 Å². The number of rotatable bonds is 5. The summed E-state index contributed by atoms with van der Waals surface area (Å²) in [5, 5.41) is 13.7. The smallest absolute Gasteiger partial charge is 0.265 e. The van der Waals surface area contributed by atoms with Crippen LogP contribution in [0.15, 0.2) is 65.7 Å². The van der Waals surface area contributed by atoms with Crippen LogP contribution in [0.3, 0.4) is 0 Å². The van der Waals surface area contributed by atoms with Crippen molar-refractivity contribution in [3.8, 4) is 5.75 Å². The average Bonchev–Trinajstić information content (AvgIpc) is 2.89. The highest BCUT2D eigenvalue weighted by Crippen LogP contribution is 2.21. The van der Waals surface area contributed by atoms with Crippen LogP contribution >= 0.6 is 0 Å². The van der Waals surface area contributed by atoms with Crippen LogP contribution in [0.5, 0.6) is 5.75 Å². The van der Waals surface area contributed by atoms with Gasteiger partial charge in [0.05, 0.1) is 17.9 Å². The molecule has 7 heteroatoms. The Hall–Kier alpha value is -2.80. The summed E-state index contributed by atoms with van der Waals surface area (Å²) in [6.45, 7) is 2.14. The molecule has 0 saturated carbocycles. The minimum atomic E-state index is -3.78. The van der Waals surface area contributed by atoms with Crippen molar-refractivity contribution in [1.82, 2.24) is 9.78 Å². The fourth-order valence-corrected chi connectivity index (χ4v) is 3.63. The van der Waals surface area contributed by atoms with Crippen molar-refractivity contribution in [2.75, 3.05) is 4.72 Å². The van der Waals surface area contributed by atoms with Crippen molar-refractivity contribution in [3.05, 3.63) is 72.1 Å². The molecule has 0 aliphatic carbocycles. The molecule has 3 rings (SSSR count). The summed E-state index contributed by atoms with van der Waals surface area (Å²) >= 11 is 0. The van der Waals surface area contributed by atoms with Crippen molar-refractivity contribution in [1.29, 1.82) is 0 Å². The molecule has 1 heterocycles. The Morgan fingerprint density at radius 2 is 1.88 bits per heavy atom. The van der Waals surface area contributed by atoms with Gasteiger partial charge in [-0.1, -0.05) is 36.4 Å². The molecule has 0 aliphatic heterocycles. The van der Waals surface area contributed by atoms with Crippen molar-refractivity contribution in [2.45, 2.75) is 18.4 Å². The lowest BCUT2D eigenvalue weighted by atomic mass is 10.2. The molecule has 0 atom stereocenters. The third-order valence-electron chi connectivity index (χ3n) is 3.48. The molecule has 0 radical (unpaired) electrons. The molecule has 24 heavy (non-hydrogen) atoms. The maximum Gasteiger partial charge on any atom is 0.265 e. The van der Waals surface area contributed by atoms with Gasteiger partial charge in [0.15, 0.2) is 0 Å². The molecule has 6 nitrogen and oxygen atoms in total. The van der Waals surface area contributed by atoms with Gasteiger partial charge in [-0.25, -0.2) is 8.42 Å². The number of anilines is 1. The van der Waals surface area contributed by atoms with Crippen LogP contribution in [0.4, 0.5) is 5.69 Å². The van der Waals surface area contributed by atoms with Crippen molar-refractivity contribution < 1.29 is 13.5 Å². The summed E-state index contributed by atoms with van der Waals surface area (Å²) in [5.74, 6) is -0.00769. The van der Waals surface area contributed by atoms with Gasteiger partial charge in [0.25, 0.3) is 10.0 Å². The van der Waals surface area contributed by atoms with Crippen LogP contribution < -0.4 is 4.72 Å². The predicted octanol–water partition coefficient (Wildman–Crippen LogP) is 2.75. The summed E-state index contributed by atoms with van der Waals surface area (Å²) in [4.78, 5) is 0.113. The van der Waals surface area contributed by atoms with E-state index in [1.165, 1.54) is 18.3 Å². The number of hydrogen-bond acceptors (Lipinski definition) is 4. The van der Waals surface area contributed by atoms with Crippen LogP contribution in [0, 0.1) is 6.92 Å². The maximum atomic E-state index is 12.6. The van der Waals surface area contributed by atoms with Crippen molar-refractivity contribution in [3.63, 3.8) is 0 Å². The van der Waals surface area contributed by atoms with Gasteiger partial charge in [0, 0.05) is 12.3 Å². The number of aromatic nitrogens is 2. The standard InChI is InChI=1S/C17H17N3O3S/c1-13-17(12-20(18-13)11-14-6-3-2-4-7-14)24(22,23)19-15-8-5-9-16(21)10-15/h2-10,12,19,21H,11H2,1H3. The van der Waals surface area contributed by atoms with E-state index in [1.807, 2.05) is 30.3 Å². The monoisotopic (exact) mass is 343 g/mol. The number of nitrogens with one attached hydrogen (secondary N) is 1. The third kappa shape index (κ3) is 3.57. The van der Waals surface area contributed by atoms with Crippen molar-refractivity contribution in [2.24, 2.45) is 0 Å². The molecule has 0 unspecified atom stereocenters. The molecule has 0 spiro atoms. The second-order valence-corrected chi connectivity index (χ2v) is 7.07. The van der Waals surface area contributed by atoms with E-state index < -0.39 is 10.0 Å². The number of phenolic OH excluding ortho intramolecular Hbond substituents is 1. The van der Waals surface area contributed by atoms with Crippen LogP contribution in [-0.2, 0) is 16.6 Å². The lowest BCUT2D eigenvalue weighted by Gasteiger charge is -2.07. The second kappa shape index (κ2) is 6.37. The first-order valence-corrected chi connectivity index (χ1v) is 8.82. The predicted molar refractivity (Wildman–Crippen MR) is 91.4 cm³/mol.